The third-order valence-corrected chi connectivity index (χ3v) is 8.18. The fraction of sp³-hybridized carbons (Fsp3) is 0.242. The van der Waals surface area contributed by atoms with Crippen LogP contribution in [0.5, 0.6) is 0 Å². The number of carbonyl (C=O) groups is 2. The SMILES string of the molecule is CC(=O)Nc1ccc(SCC2OC(c3ccc(NC(=O)c4cccnc4)cc3)OC(c3ccc(CO)cc3)C2C)cc1. The van der Waals surface area contributed by atoms with E-state index in [0.717, 1.165) is 27.3 Å². The average molecular weight is 584 g/mol. The topological polar surface area (TPSA) is 110 Å². The minimum absolute atomic E-state index is 0.0171. The normalized spacial score (nSPS) is 20.1. The molecule has 4 atom stereocenters. The number of rotatable bonds is 9. The summed E-state index contributed by atoms with van der Waals surface area (Å²) < 4.78 is 13.1. The van der Waals surface area contributed by atoms with Crippen molar-refractivity contribution in [3.05, 3.63) is 120 Å². The van der Waals surface area contributed by atoms with Crippen LogP contribution in [0.15, 0.2) is 102 Å². The van der Waals surface area contributed by atoms with Gasteiger partial charge in [0.2, 0.25) is 5.91 Å². The van der Waals surface area contributed by atoms with Crippen molar-refractivity contribution in [2.75, 3.05) is 16.4 Å². The number of hydrogen-bond donors (Lipinski definition) is 3. The van der Waals surface area contributed by atoms with E-state index >= 15 is 0 Å². The van der Waals surface area contributed by atoms with Crippen molar-refractivity contribution in [3.8, 4) is 0 Å². The average Bonchev–Trinajstić information content (AvgIpc) is 3.02. The lowest BCUT2D eigenvalue weighted by Gasteiger charge is -2.41. The number of aliphatic hydroxyl groups excluding tert-OH is 1. The minimum atomic E-state index is -0.612. The number of aromatic nitrogens is 1. The largest absolute Gasteiger partial charge is 0.392 e. The molecule has 0 spiro atoms. The number of nitrogens with zero attached hydrogens (tertiary/aromatic N) is 1. The number of nitrogens with one attached hydrogen (secondary N) is 2. The molecule has 4 aromatic rings. The highest BCUT2D eigenvalue weighted by atomic mass is 32.2. The van der Waals surface area contributed by atoms with E-state index in [9.17, 15) is 14.7 Å². The third-order valence-electron chi connectivity index (χ3n) is 7.08. The second kappa shape index (κ2) is 13.8. The monoisotopic (exact) mass is 583 g/mol. The molecule has 3 N–H and O–H groups in total. The van der Waals surface area contributed by atoms with E-state index in [1.165, 1.54) is 13.1 Å². The van der Waals surface area contributed by atoms with Crippen LogP contribution >= 0.6 is 11.8 Å². The minimum Gasteiger partial charge on any atom is -0.392 e. The van der Waals surface area contributed by atoms with Crippen LogP contribution in [0, 0.1) is 5.92 Å². The Morgan fingerprint density at radius 2 is 1.55 bits per heavy atom. The lowest BCUT2D eigenvalue weighted by Crippen LogP contribution is -2.38. The summed E-state index contributed by atoms with van der Waals surface area (Å²) in [7, 11) is 0. The van der Waals surface area contributed by atoms with Crippen molar-refractivity contribution in [2.45, 2.75) is 43.8 Å². The number of aliphatic hydroxyl groups is 1. The fourth-order valence-corrected chi connectivity index (χ4v) is 5.82. The molecule has 2 heterocycles. The van der Waals surface area contributed by atoms with E-state index in [1.807, 2.05) is 72.8 Å². The number of ether oxygens (including phenoxy) is 2. The van der Waals surface area contributed by atoms with Crippen LogP contribution in [0.2, 0.25) is 0 Å². The summed E-state index contributed by atoms with van der Waals surface area (Å²) in [5.41, 5.74) is 4.59. The number of thioether (sulfide) groups is 1. The standard InChI is InChI=1S/C33H33N3O5S/c1-21-30(20-42-29-15-13-27(14-16-29)35-22(2)38)40-33(41-31(21)24-7-5-23(19-37)6-8-24)25-9-11-28(12-10-25)36-32(39)26-4-3-17-34-18-26/h3-18,21,30-31,33,37H,19-20H2,1-2H3,(H,35,38)(H,36,39). The first-order chi connectivity index (χ1) is 20.4. The molecular formula is C33H33N3O5S. The molecule has 0 bridgehead atoms. The van der Waals surface area contributed by atoms with Crippen molar-refractivity contribution < 1.29 is 24.2 Å². The molecule has 2 amide bonds. The van der Waals surface area contributed by atoms with E-state index in [2.05, 4.69) is 22.5 Å². The molecule has 1 aliphatic rings. The van der Waals surface area contributed by atoms with Gasteiger partial charge in [-0.15, -0.1) is 11.8 Å². The Balaban J connectivity index is 1.32. The van der Waals surface area contributed by atoms with Gasteiger partial charge in [-0.25, -0.2) is 0 Å². The van der Waals surface area contributed by atoms with Gasteiger partial charge in [0.25, 0.3) is 5.91 Å². The van der Waals surface area contributed by atoms with E-state index < -0.39 is 6.29 Å². The van der Waals surface area contributed by atoms with Gasteiger partial charge in [0.05, 0.1) is 24.4 Å². The summed E-state index contributed by atoms with van der Waals surface area (Å²) in [4.78, 5) is 29.0. The molecule has 0 radical (unpaired) electrons. The number of carbonyl (C=O) groups excluding carboxylic acids is 2. The van der Waals surface area contributed by atoms with Crippen LogP contribution in [-0.2, 0) is 20.9 Å². The van der Waals surface area contributed by atoms with Gasteiger partial charge in [0, 0.05) is 52.8 Å². The summed E-state index contributed by atoms with van der Waals surface area (Å²) in [6, 6.07) is 26.5. The van der Waals surface area contributed by atoms with Crippen molar-refractivity contribution >= 4 is 35.0 Å². The molecule has 4 unspecified atom stereocenters. The number of hydrogen-bond acceptors (Lipinski definition) is 7. The molecule has 1 fully saturated rings. The molecule has 5 rings (SSSR count). The van der Waals surface area contributed by atoms with Gasteiger partial charge >= 0.3 is 0 Å². The highest BCUT2D eigenvalue weighted by Gasteiger charge is 2.38. The lowest BCUT2D eigenvalue weighted by atomic mass is 9.91. The van der Waals surface area contributed by atoms with Gasteiger partial charge in [-0.1, -0.05) is 43.3 Å². The summed E-state index contributed by atoms with van der Waals surface area (Å²) in [5.74, 6) is 0.409. The Morgan fingerprint density at radius 1 is 0.881 bits per heavy atom. The second-order valence-corrected chi connectivity index (χ2v) is 11.2. The van der Waals surface area contributed by atoms with E-state index in [-0.39, 0.29) is 36.5 Å². The molecular weight excluding hydrogens is 550 g/mol. The van der Waals surface area contributed by atoms with Crippen LogP contribution in [0.25, 0.3) is 0 Å². The van der Waals surface area contributed by atoms with Gasteiger partial charge in [0.15, 0.2) is 6.29 Å². The molecule has 42 heavy (non-hydrogen) atoms. The predicted molar refractivity (Wildman–Crippen MR) is 163 cm³/mol. The molecule has 1 saturated heterocycles. The predicted octanol–water partition coefficient (Wildman–Crippen LogP) is 6.37. The highest BCUT2D eigenvalue weighted by molar-refractivity contribution is 7.99. The summed E-state index contributed by atoms with van der Waals surface area (Å²) in [6.07, 6.45) is 2.18. The van der Waals surface area contributed by atoms with Crippen LogP contribution < -0.4 is 10.6 Å². The van der Waals surface area contributed by atoms with E-state index in [1.54, 1.807) is 30.1 Å². The molecule has 216 valence electrons. The molecule has 8 nitrogen and oxygen atoms in total. The van der Waals surface area contributed by atoms with Gasteiger partial charge in [-0.05, 0) is 59.7 Å². The Kier molecular flexibility index (Phi) is 9.66. The van der Waals surface area contributed by atoms with Gasteiger partial charge in [0.1, 0.15) is 0 Å². The quantitative estimate of drug-likeness (QED) is 0.197. The molecule has 3 aromatic carbocycles. The van der Waals surface area contributed by atoms with Gasteiger partial charge < -0.3 is 25.2 Å². The second-order valence-electron chi connectivity index (χ2n) is 10.2. The van der Waals surface area contributed by atoms with Crippen molar-refractivity contribution in [1.29, 1.82) is 0 Å². The Morgan fingerprint density at radius 3 is 2.19 bits per heavy atom. The van der Waals surface area contributed by atoms with Gasteiger partial charge in [-0.3, -0.25) is 14.6 Å². The first kappa shape index (κ1) is 29.5. The van der Waals surface area contributed by atoms with Gasteiger partial charge in [-0.2, -0.15) is 0 Å². The molecule has 0 aliphatic carbocycles. The van der Waals surface area contributed by atoms with Crippen molar-refractivity contribution in [3.63, 3.8) is 0 Å². The maximum atomic E-state index is 12.5. The first-order valence-corrected chi connectivity index (χ1v) is 14.7. The highest BCUT2D eigenvalue weighted by Crippen LogP contribution is 2.43. The molecule has 1 aliphatic heterocycles. The third kappa shape index (κ3) is 7.43. The molecule has 0 saturated carbocycles. The number of pyridine rings is 1. The number of benzene rings is 3. The zero-order valence-corrected chi connectivity index (χ0v) is 24.2. The zero-order valence-electron chi connectivity index (χ0n) is 23.4. The van der Waals surface area contributed by atoms with E-state index in [0.29, 0.717) is 17.0 Å². The molecule has 1 aromatic heterocycles. The first-order valence-electron chi connectivity index (χ1n) is 13.7. The Labute approximate surface area is 249 Å². The summed E-state index contributed by atoms with van der Waals surface area (Å²) >= 11 is 1.69. The Hall–Kier alpha value is -4.02. The van der Waals surface area contributed by atoms with Crippen LogP contribution in [0.3, 0.4) is 0 Å². The van der Waals surface area contributed by atoms with E-state index in [4.69, 9.17) is 9.47 Å². The fourth-order valence-electron chi connectivity index (χ4n) is 4.75. The smallest absolute Gasteiger partial charge is 0.257 e. The maximum Gasteiger partial charge on any atom is 0.257 e. The lowest BCUT2D eigenvalue weighted by molar-refractivity contribution is -0.268. The number of anilines is 2. The van der Waals surface area contributed by atoms with Crippen molar-refractivity contribution in [2.24, 2.45) is 5.92 Å². The molecule has 9 heteroatoms. The van der Waals surface area contributed by atoms with Crippen LogP contribution in [0.4, 0.5) is 11.4 Å². The summed E-state index contributed by atoms with van der Waals surface area (Å²) in [6.45, 7) is 3.60. The van der Waals surface area contributed by atoms with Crippen LogP contribution in [0.1, 0.15) is 53.3 Å². The Bertz CT molecular complexity index is 1480. The summed E-state index contributed by atoms with van der Waals surface area (Å²) in [5, 5.41) is 15.2. The van der Waals surface area contributed by atoms with Crippen LogP contribution in [-0.4, -0.2) is 33.8 Å². The van der Waals surface area contributed by atoms with Crippen molar-refractivity contribution in [1.82, 2.24) is 4.98 Å². The maximum absolute atomic E-state index is 12.5. The zero-order chi connectivity index (χ0) is 29.5. The number of amides is 2.